The van der Waals surface area contributed by atoms with Gasteiger partial charge in [0.05, 0.1) is 35.9 Å². The zero-order chi connectivity index (χ0) is 21.3. The van der Waals surface area contributed by atoms with Crippen LogP contribution in [0.5, 0.6) is 5.75 Å². The number of nitrogens with zero attached hydrogens (tertiary/aromatic N) is 3. The molecule has 4 aromatic rings. The van der Waals surface area contributed by atoms with Gasteiger partial charge in [-0.25, -0.2) is 9.67 Å². The van der Waals surface area contributed by atoms with Crippen LogP contribution in [-0.4, -0.2) is 27.8 Å². The quantitative estimate of drug-likeness (QED) is 0.485. The molecule has 2 aromatic heterocycles. The van der Waals surface area contributed by atoms with Gasteiger partial charge in [-0.3, -0.25) is 10.1 Å². The highest BCUT2D eigenvalue weighted by Gasteiger charge is 2.18. The molecule has 7 heteroatoms. The number of nitrogens with one attached hydrogen (secondary N) is 1. The standard InChI is InChI=1S/C23H22N4O2S/c1-14-12-17(10-11-20(14)29-4)21-16(3)30-23(25-21)26-22(28)19-13-24-27(15(19)2)18-8-6-5-7-9-18/h5-13H,1-4H3,(H,25,26,28). The van der Waals surface area contributed by atoms with Crippen molar-refractivity contribution in [2.45, 2.75) is 20.8 Å². The molecule has 2 aromatic carbocycles. The van der Waals surface area contributed by atoms with E-state index < -0.39 is 0 Å². The van der Waals surface area contributed by atoms with Gasteiger partial charge in [-0.15, -0.1) is 11.3 Å². The fourth-order valence-electron chi connectivity index (χ4n) is 3.37. The maximum atomic E-state index is 12.9. The second-order valence-electron chi connectivity index (χ2n) is 6.95. The number of ether oxygens (including phenoxy) is 1. The molecule has 4 rings (SSSR count). The topological polar surface area (TPSA) is 69.0 Å². The Morgan fingerprint density at radius 2 is 1.87 bits per heavy atom. The Morgan fingerprint density at radius 3 is 2.57 bits per heavy atom. The van der Waals surface area contributed by atoms with Crippen LogP contribution in [-0.2, 0) is 0 Å². The second kappa shape index (κ2) is 8.12. The Hall–Kier alpha value is -3.45. The van der Waals surface area contributed by atoms with E-state index >= 15 is 0 Å². The third kappa shape index (κ3) is 3.71. The van der Waals surface area contributed by atoms with Crippen molar-refractivity contribution in [3.63, 3.8) is 0 Å². The number of carbonyl (C=O) groups is 1. The molecule has 0 aliphatic heterocycles. The molecule has 0 aliphatic carbocycles. The number of hydrogen-bond donors (Lipinski definition) is 1. The van der Waals surface area contributed by atoms with Gasteiger partial charge >= 0.3 is 0 Å². The van der Waals surface area contributed by atoms with Crippen LogP contribution < -0.4 is 10.1 Å². The van der Waals surface area contributed by atoms with Gasteiger partial charge < -0.3 is 4.74 Å². The first-order valence-electron chi connectivity index (χ1n) is 9.51. The number of aromatic nitrogens is 3. The highest BCUT2D eigenvalue weighted by molar-refractivity contribution is 7.16. The van der Waals surface area contributed by atoms with E-state index in [0.717, 1.165) is 38.8 Å². The first-order valence-corrected chi connectivity index (χ1v) is 10.3. The monoisotopic (exact) mass is 418 g/mol. The number of para-hydroxylation sites is 1. The van der Waals surface area contributed by atoms with E-state index in [0.29, 0.717) is 10.7 Å². The Balaban J connectivity index is 1.57. The van der Waals surface area contributed by atoms with E-state index in [1.165, 1.54) is 11.3 Å². The molecule has 1 amide bonds. The van der Waals surface area contributed by atoms with Crippen LogP contribution in [0.3, 0.4) is 0 Å². The molecular weight excluding hydrogens is 396 g/mol. The number of anilines is 1. The van der Waals surface area contributed by atoms with E-state index in [2.05, 4.69) is 15.4 Å². The predicted octanol–water partition coefficient (Wildman–Crippen LogP) is 5.18. The lowest BCUT2D eigenvalue weighted by Crippen LogP contribution is -2.13. The van der Waals surface area contributed by atoms with Gasteiger partial charge in [0.1, 0.15) is 5.75 Å². The van der Waals surface area contributed by atoms with Crippen LogP contribution in [0, 0.1) is 20.8 Å². The van der Waals surface area contributed by atoms with Crippen molar-refractivity contribution >= 4 is 22.4 Å². The van der Waals surface area contributed by atoms with Crippen LogP contribution in [0.15, 0.2) is 54.7 Å². The highest BCUT2D eigenvalue weighted by atomic mass is 32.1. The van der Waals surface area contributed by atoms with Crippen LogP contribution in [0.25, 0.3) is 16.9 Å². The Labute approximate surface area is 179 Å². The van der Waals surface area contributed by atoms with E-state index in [-0.39, 0.29) is 5.91 Å². The van der Waals surface area contributed by atoms with Gasteiger partial charge in [0.15, 0.2) is 5.13 Å². The fraction of sp³-hybridized carbons (Fsp3) is 0.174. The number of rotatable bonds is 5. The van der Waals surface area contributed by atoms with Crippen molar-refractivity contribution in [2.75, 3.05) is 12.4 Å². The summed E-state index contributed by atoms with van der Waals surface area (Å²) in [5.74, 6) is 0.618. The van der Waals surface area contributed by atoms with Gasteiger partial charge in [-0.05, 0) is 56.7 Å². The SMILES string of the molecule is COc1ccc(-c2nc(NC(=O)c3cnn(-c4ccccc4)c3C)sc2C)cc1C. The number of hydrogen-bond acceptors (Lipinski definition) is 5. The zero-order valence-corrected chi connectivity index (χ0v) is 18.1. The van der Waals surface area contributed by atoms with Gasteiger partial charge in [0.2, 0.25) is 0 Å². The van der Waals surface area contributed by atoms with E-state index in [4.69, 9.17) is 4.74 Å². The molecule has 2 heterocycles. The summed E-state index contributed by atoms with van der Waals surface area (Å²) in [4.78, 5) is 18.5. The molecule has 30 heavy (non-hydrogen) atoms. The maximum Gasteiger partial charge on any atom is 0.260 e. The number of carbonyl (C=O) groups excluding carboxylic acids is 1. The van der Waals surface area contributed by atoms with E-state index in [1.54, 1.807) is 18.0 Å². The first kappa shape index (κ1) is 19.8. The number of amides is 1. The second-order valence-corrected chi connectivity index (χ2v) is 8.16. The lowest BCUT2D eigenvalue weighted by atomic mass is 10.1. The third-order valence-electron chi connectivity index (χ3n) is 4.94. The maximum absolute atomic E-state index is 12.9. The third-order valence-corrected chi connectivity index (χ3v) is 5.83. The minimum absolute atomic E-state index is 0.221. The van der Waals surface area contributed by atoms with Crippen molar-refractivity contribution in [1.82, 2.24) is 14.8 Å². The van der Waals surface area contributed by atoms with Crippen molar-refractivity contribution in [1.29, 1.82) is 0 Å². The van der Waals surface area contributed by atoms with Crippen molar-refractivity contribution < 1.29 is 9.53 Å². The van der Waals surface area contributed by atoms with Gasteiger partial charge in [-0.1, -0.05) is 18.2 Å². The largest absolute Gasteiger partial charge is 0.496 e. The lowest BCUT2D eigenvalue weighted by Gasteiger charge is -2.06. The van der Waals surface area contributed by atoms with Gasteiger partial charge in [0.25, 0.3) is 5.91 Å². The molecule has 152 valence electrons. The van der Waals surface area contributed by atoms with Gasteiger partial charge in [0, 0.05) is 10.4 Å². The molecular formula is C23H22N4O2S. The number of thiazole rings is 1. The summed E-state index contributed by atoms with van der Waals surface area (Å²) >= 11 is 1.46. The first-order chi connectivity index (χ1) is 14.5. The van der Waals surface area contributed by atoms with Crippen molar-refractivity contribution in [3.05, 3.63) is 76.4 Å². The van der Waals surface area contributed by atoms with Crippen LogP contribution in [0.1, 0.15) is 26.5 Å². The molecule has 0 spiro atoms. The summed E-state index contributed by atoms with van der Waals surface area (Å²) in [6, 6.07) is 15.7. The Kier molecular flexibility index (Phi) is 5.37. The molecule has 6 nitrogen and oxygen atoms in total. The molecule has 0 radical (unpaired) electrons. The van der Waals surface area contributed by atoms with E-state index in [9.17, 15) is 4.79 Å². The molecule has 1 N–H and O–H groups in total. The molecule has 0 bridgehead atoms. The average Bonchev–Trinajstić information content (AvgIpc) is 3.30. The fourth-order valence-corrected chi connectivity index (χ4v) is 4.20. The van der Waals surface area contributed by atoms with Gasteiger partial charge in [-0.2, -0.15) is 5.10 Å². The summed E-state index contributed by atoms with van der Waals surface area (Å²) in [7, 11) is 1.66. The number of methoxy groups -OCH3 is 1. The number of aryl methyl sites for hydroxylation is 2. The minimum atomic E-state index is -0.221. The predicted molar refractivity (Wildman–Crippen MR) is 120 cm³/mol. The minimum Gasteiger partial charge on any atom is -0.496 e. The Bertz CT molecular complexity index is 1210. The summed E-state index contributed by atoms with van der Waals surface area (Å²) in [5, 5.41) is 7.86. The van der Waals surface area contributed by atoms with E-state index in [1.807, 2.05) is 69.3 Å². The lowest BCUT2D eigenvalue weighted by molar-refractivity contribution is 0.102. The van der Waals surface area contributed by atoms with Crippen molar-refractivity contribution in [3.8, 4) is 22.7 Å². The summed E-state index contributed by atoms with van der Waals surface area (Å²) < 4.78 is 7.09. The molecule has 0 saturated carbocycles. The van der Waals surface area contributed by atoms with Crippen LogP contribution in [0.2, 0.25) is 0 Å². The summed E-state index contributed by atoms with van der Waals surface area (Å²) in [5.41, 5.74) is 5.10. The molecule has 0 saturated heterocycles. The number of benzene rings is 2. The smallest absolute Gasteiger partial charge is 0.260 e. The Morgan fingerprint density at radius 1 is 1.10 bits per heavy atom. The summed E-state index contributed by atoms with van der Waals surface area (Å²) in [6.45, 7) is 5.88. The highest BCUT2D eigenvalue weighted by Crippen LogP contribution is 2.33. The molecule has 0 aliphatic rings. The molecule has 0 unspecified atom stereocenters. The van der Waals surface area contributed by atoms with Crippen LogP contribution >= 0.6 is 11.3 Å². The van der Waals surface area contributed by atoms with Crippen LogP contribution in [0.4, 0.5) is 5.13 Å². The normalized spacial score (nSPS) is 10.8. The summed E-state index contributed by atoms with van der Waals surface area (Å²) in [6.07, 6.45) is 1.59. The molecule has 0 fully saturated rings. The van der Waals surface area contributed by atoms with Crippen molar-refractivity contribution in [2.24, 2.45) is 0 Å². The average molecular weight is 419 g/mol. The zero-order valence-electron chi connectivity index (χ0n) is 17.3. The molecule has 0 atom stereocenters.